The van der Waals surface area contributed by atoms with Crippen LogP contribution in [0.3, 0.4) is 0 Å². The van der Waals surface area contributed by atoms with E-state index in [1.807, 2.05) is 4.90 Å². The van der Waals surface area contributed by atoms with E-state index in [-0.39, 0.29) is 11.8 Å². The van der Waals surface area contributed by atoms with Gasteiger partial charge in [-0.1, -0.05) is 18.9 Å². The Labute approximate surface area is 153 Å². The Morgan fingerprint density at radius 1 is 0.962 bits per heavy atom. The Balaban J connectivity index is 1.68. The van der Waals surface area contributed by atoms with Gasteiger partial charge in [-0.15, -0.1) is 0 Å². The van der Waals surface area contributed by atoms with Crippen LogP contribution < -0.4 is 10.4 Å². The molecule has 2 atom stereocenters. The number of rotatable bonds is 4. The smallest absolute Gasteiger partial charge is 0.253 e. The van der Waals surface area contributed by atoms with Crippen LogP contribution in [0.1, 0.15) is 55.3 Å². The van der Waals surface area contributed by atoms with Crippen LogP contribution in [0.2, 0.25) is 0 Å². The van der Waals surface area contributed by atoms with Crippen molar-refractivity contribution in [1.29, 1.82) is 0 Å². The first-order chi connectivity index (χ1) is 12.6. The second-order valence-corrected chi connectivity index (χ2v) is 7.24. The average molecular weight is 357 g/mol. The average Bonchev–Trinajstić information content (AvgIpc) is 2.68. The van der Waals surface area contributed by atoms with Gasteiger partial charge in [-0.2, -0.15) is 0 Å². The first-order valence-electron chi connectivity index (χ1n) is 9.47. The number of amides is 2. The second-order valence-electron chi connectivity index (χ2n) is 7.24. The highest BCUT2D eigenvalue weighted by Gasteiger charge is 2.31. The molecule has 6 nitrogen and oxygen atoms in total. The number of hydrogen-bond donors (Lipinski definition) is 1. The van der Waals surface area contributed by atoms with Crippen LogP contribution in [0.25, 0.3) is 0 Å². The highest BCUT2D eigenvalue weighted by molar-refractivity contribution is 5.98. The maximum absolute atomic E-state index is 12.6. The number of carboxylic acids is 1. The van der Waals surface area contributed by atoms with Gasteiger partial charge in [0.1, 0.15) is 0 Å². The third-order valence-corrected chi connectivity index (χ3v) is 5.43. The molecule has 2 aliphatic rings. The molecule has 1 saturated carbocycles. The highest BCUT2D eigenvalue weighted by atomic mass is 16.4. The number of aliphatic carboxylic acids is 1. The van der Waals surface area contributed by atoms with Gasteiger partial charge in [-0.05, 0) is 50.3 Å². The summed E-state index contributed by atoms with van der Waals surface area (Å²) >= 11 is 0. The fourth-order valence-electron chi connectivity index (χ4n) is 3.97. The number of nitrogens with zero attached hydrogens (tertiary/aromatic N) is 1. The number of carboxylic acid groups (broad SMARTS) is 1. The third kappa shape index (κ3) is 4.23. The van der Waals surface area contributed by atoms with Crippen LogP contribution in [-0.2, 0) is 9.59 Å². The largest absolute Gasteiger partial charge is 0.550 e. The molecule has 26 heavy (non-hydrogen) atoms. The molecule has 1 aromatic rings. The molecular weight excluding hydrogens is 332 g/mol. The number of carbonyl (C=O) groups excluding carboxylic acids is 3. The van der Waals surface area contributed by atoms with Crippen LogP contribution in [-0.4, -0.2) is 35.8 Å². The maximum Gasteiger partial charge on any atom is 0.253 e. The van der Waals surface area contributed by atoms with Crippen molar-refractivity contribution in [3.05, 3.63) is 29.8 Å². The van der Waals surface area contributed by atoms with E-state index in [0.717, 1.165) is 45.2 Å². The predicted molar refractivity (Wildman–Crippen MR) is 95.3 cm³/mol. The summed E-state index contributed by atoms with van der Waals surface area (Å²) in [6.07, 6.45) is 5.88. The highest BCUT2D eigenvalue weighted by Crippen LogP contribution is 2.31. The third-order valence-electron chi connectivity index (χ3n) is 5.43. The van der Waals surface area contributed by atoms with E-state index in [9.17, 15) is 19.5 Å². The number of anilines is 1. The first-order valence-corrected chi connectivity index (χ1v) is 9.47. The fraction of sp³-hybridized carbons (Fsp3) is 0.550. The van der Waals surface area contributed by atoms with Crippen molar-refractivity contribution in [3.8, 4) is 0 Å². The Morgan fingerprint density at radius 3 is 2.35 bits per heavy atom. The van der Waals surface area contributed by atoms with Gasteiger partial charge in [-0.3, -0.25) is 9.59 Å². The molecule has 1 aliphatic heterocycles. The second kappa shape index (κ2) is 8.34. The number of carbonyl (C=O) groups is 3. The molecule has 1 saturated heterocycles. The summed E-state index contributed by atoms with van der Waals surface area (Å²) in [6, 6.07) is 6.88. The number of likely N-dealkylation sites (tertiary alicyclic amines) is 1. The van der Waals surface area contributed by atoms with Gasteiger partial charge in [0, 0.05) is 42.1 Å². The van der Waals surface area contributed by atoms with Crippen molar-refractivity contribution in [2.75, 3.05) is 18.4 Å². The molecule has 2 amide bonds. The van der Waals surface area contributed by atoms with E-state index >= 15 is 0 Å². The number of nitrogens with one attached hydrogen (secondary N) is 1. The predicted octanol–water partition coefficient (Wildman–Crippen LogP) is 1.81. The van der Waals surface area contributed by atoms with Crippen LogP contribution in [0.5, 0.6) is 0 Å². The quantitative estimate of drug-likeness (QED) is 0.890. The van der Waals surface area contributed by atoms with E-state index in [0.29, 0.717) is 24.1 Å². The lowest BCUT2D eigenvalue weighted by Gasteiger charge is -2.31. The summed E-state index contributed by atoms with van der Waals surface area (Å²) in [6.45, 7) is 1.54. The molecule has 6 heteroatoms. The summed E-state index contributed by atoms with van der Waals surface area (Å²) in [5.74, 6) is -2.79. The monoisotopic (exact) mass is 357 g/mol. The summed E-state index contributed by atoms with van der Waals surface area (Å²) < 4.78 is 0. The molecule has 1 heterocycles. The lowest BCUT2D eigenvalue weighted by atomic mass is 9.78. The zero-order valence-electron chi connectivity index (χ0n) is 14.9. The van der Waals surface area contributed by atoms with Gasteiger partial charge >= 0.3 is 0 Å². The molecule has 0 aromatic heterocycles. The number of benzene rings is 1. The minimum atomic E-state index is -1.15. The maximum atomic E-state index is 12.6. The van der Waals surface area contributed by atoms with Gasteiger partial charge in [0.2, 0.25) is 5.91 Å². The standard InChI is InChI=1S/C20H26N2O4/c23-18(16-9-2-3-10-17(16)20(25)26)21-15-8-6-7-14(13-15)19(24)22-11-4-1-5-12-22/h6-8,13,16-17H,1-5,9-12H2,(H,21,23)(H,25,26)/p-1/t16-,17-/m1/s1. The minimum Gasteiger partial charge on any atom is -0.550 e. The topological polar surface area (TPSA) is 89.5 Å². The van der Waals surface area contributed by atoms with Crippen LogP contribution in [0, 0.1) is 11.8 Å². The molecule has 140 valence electrons. The Bertz CT molecular complexity index is 682. The van der Waals surface area contributed by atoms with Crippen molar-refractivity contribution in [1.82, 2.24) is 4.90 Å². The normalized spacial score (nSPS) is 23.3. The zero-order valence-corrected chi connectivity index (χ0v) is 14.9. The molecule has 3 rings (SSSR count). The van der Waals surface area contributed by atoms with E-state index in [1.54, 1.807) is 24.3 Å². The van der Waals surface area contributed by atoms with Crippen LogP contribution >= 0.6 is 0 Å². The molecule has 0 bridgehead atoms. The first kappa shape index (κ1) is 18.4. The molecule has 1 aliphatic carbocycles. The van der Waals surface area contributed by atoms with Gasteiger partial charge < -0.3 is 20.1 Å². The van der Waals surface area contributed by atoms with Gasteiger partial charge in [0.25, 0.3) is 5.91 Å². The molecule has 0 spiro atoms. The number of piperidine rings is 1. The Kier molecular flexibility index (Phi) is 5.91. The van der Waals surface area contributed by atoms with Crippen LogP contribution in [0.4, 0.5) is 5.69 Å². The molecule has 1 aromatic carbocycles. The van der Waals surface area contributed by atoms with Crippen molar-refractivity contribution < 1.29 is 19.5 Å². The summed E-state index contributed by atoms with van der Waals surface area (Å²) in [5.41, 5.74) is 1.07. The van der Waals surface area contributed by atoms with Crippen molar-refractivity contribution in [3.63, 3.8) is 0 Å². The fourth-order valence-corrected chi connectivity index (χ4v) is 3.97. The molecule has 0 radical (unpaired) electrons. The summed E-state index contributed by atoms with van der Waals surface area (Å²) in [5, 5.41) is 14.1. The van der Waals surface area contributed by atoms with Crippen molar-refractivity contribution >= 4 is 23.5 Å². The lowest BCUT2D eigenvalue weighted by Crippen LogP contribution is -2.42. The van der Waals surface area contributed by atoms with E-state index in [1.165, 1.54) is 0 Å². The molecule has 0 unspecified atom stereocenters. The van der Waals surface area contributed by atoms with E-state index in [4.69, 9.17) is 0 Å². The van der Waals surface area contributed by atoms with Crippen molar-refractivity contribution in [2.45, 2.75) is 44.9 Å². The van der Waals surface area contributed by atoms with Gasteiger partial charge in [-0.25, -0.2) is 0 Å². The Hall–Kier alpha value is -2.37. The Morgan fingerprint density at radius 2 is 1.65 bits per heavy atom. The molecular formula is C20H25N2O4-. The van der Waals surface area contributed by atoms with Gasteiger partial charge in [0.15, 0.2) is 0 Å². The SMILES string of the molecule is O=C([O-])[C@@H]1CCCC[C@H]1C(=O)Nc1cccc(C(=O)N2CCCCC2)c1. The van der Waals surface area contributed by atoms with E-state index in [2.05, 4.69) is 5.32 Å². The van der Waals surface area contributed by atoms with Gasteiger partial charge in [0.05, 0.1) is 0 Å². The molecule has 1 N–H and O–H groups in total. The van der Waals surface area contributed by atoms with Crippen LogP contribution in [0.15, 0.2) is 24.3 Å². The van der Waals surface area contributed by atoms with E-state index < -0.39 is 17.8 Å². The minimum absolute atomic E-state index is 0.0222. The lowest BCUT2D eigenvalue weighted by molar-refractivity contribution is -0.313. The molecule has 2 fully saturated rings. The number of hydrogen-bond acceptors (Lipinski definition) is 4. The summed E-state index contributed by atoms with van der Waals surface area (Å²) in [4.78, 5) is 38.3. The summed E-state index contributed by atoms with van der Waals surface area (Å²) in [7, 11) is 0. The zero-order chi connectivity index (χ0) is 18.5. The van der Waals surface area contributed by atoms with Crippen molar-refractivity contribution in [2.24, 2.45) is 11.8 Å².